The van der Waals surface area contributed by atoms with Gasteiger partial charge in [-0.2, -0.15) is 4.68 Å². The third-order valence-corrected chi connectivity index (χ3v) is 3.95. The maximum Gasteiger partial charge on any atom is 0.289 e. The van der Waals surface area contributed by atoms with Gasteiger partial charge in [0.2, 0.25) is 0 Å². The van der Waals surface area contributed by atoms with E-state index in [0.29, 0.717) is 16.1 Å². The summed E-state index contributed by atoms with van der Waals surface area (Å²) in [6.45, 7) is 1.58. The first-order valence-corrected chi connectivity index (χ1v) is 7.76. The molecule has 1 unspecified atom stereocenters. The highest BCUT2D eigenvalue weighted by molar-refractivity contribution is 6.40. The third-order valence-electron chi connectivity index (χ3n) is 3.17. The van der Waals surface area contributed by atoms with E-state index in [1.165, 1.54) is 16.8 Å². The number of aromatic nitrogens is 3. The molecule has 5 nitrogen and oxygen atoms in total. The molecule has 0 aliphatic heterocycles. The minimum absolute atomic E-state index is 0.197. The predicted octanol–water partition coefficient (Wildman–Crippen LogP) is 4.50. The minimum Gasteiger partial charge on any atom is -0.478 e. The fourth-order valence-electron chi connectivity index (χ4n) is 2.07. The normalized spacial score (nSPS) is 12.3. The van der Waals surface area contributed by atoms with E-state index in [0.717, 1.165) is 0 Å². The molecule has 23 heavy (non-hydrogen) atoms. The van der Waals surface area contributed by atoms with Gasteiger partial charge in [-0.25, -0.2) is 0 Å². The SMILES string of the molecule is CC(Oc1c(Cl)cc(Cl)cc1Cl)C(=O)n1nnc2ccccc21. The molecular formula is C15H10Cl3N3O2. The molecule has 118 valence electrons. The number of carbonyl (C=O) groups excluding carboxylic acids is 1. The summed E-state index contributed by atoms with van der Waals surface area (Å²) in [5.74, 6) is -0.191. The molecule has 0 aliphatic rings. The van der Waals surface area contributed by atoms with Crippen LogP contribution in [0.15, 0.2) is 36.4 Å². The van der Waals surface area contributed by atoms with E-state index in [1.54, 1.807) is 25.1 Å². The zero-order chi connectivity index (χ0) is 16.6. The number of halogens is 3. The lowest BCUT2D eigenvalue weighted by molar-refractivity contribution is 0.0714. The minimum atomic E-state index is -0.865. The lowest BCUT2D eigenvalue weighted by Crippen LogP contribution is -2.30. The van der Waals surface area contributed by atoms with Crippen LogP contribution in [0.4, 0.5) is 0 Å². The average molecular weight is 371 g/mol. The van der Waals surface area contributed by atoms with Crippen LogP contribution >= 0.6 is 34.8 Å². The molecule has 2 aromatic carbocycles. The van der Waals surface area contributed by atoms with Gasteiger partial charge in [0.05, 0.1) is 15.6 Å². The number of rotatable bonds is 3. The summed E-state index contributed by atoms with van der Waals surface area (Å²) in [4.78, 5) is 12.5. The molecule has 1 atom stereocenters. The molecule has 0 amide bonds. The number of carbonyl (C=O) groups is 1. The summed E-state index contributed by atoms with van der Waals surface area (Å²) in [5, 5.41) is 8.65. The monoisotopic (exact) mass is 369 g/mol. The molecule has 0 saturated carbocycles. The Hall–Kier alpha value is -1.82. The fourth-order valence-corrected chi connectivity index (χ4v) is 2.98. The molecule has 0 bridgehead atoms. The highest BCUT2D eigenvalue weighted by Crippen LogP contribution is 2.36. The molecule has 3 aromatic rings. The van der Waals surface area contributed by atoms with Gasteiger partial charge in [0.25, 0.3) is 5.91 Å². The van der Waals surface area contributed by atoms with Gasteiger partial charge in [-0.15, -0.1) is 5.10 Å². The van der Waals surface area contributed by atoms with Gasteiger partial charge in [-0.3, -0.25) is 4.79 Å². The molecule has 0 fully saturated rings. The smallest absolute Gasteiger partial charge is 0.289 e. The first-order chi connectivity index (χ1) is 11.0. The molecular weight excluding hydrogens is 361 g/mol. The van der Waals surface area contributed by atoms with Crippen molar-refractivity contribution in [1.29, 1.82) is 0 Å². The average Bonchev–Trinajstić information content (AvgIpc) is 2.93. The van der Waals surface area contributed by atoms with Crippen LogP contribution in [0.3, 0.4) is 0 Å². The van der Waals surface area contributed by atoms with Gasteiger partial charge in [0.15, 0.2) is 11.9 Å². The largest absolute Gasteiger partial charge is 0.478 e. The lowest BCUT2D eigenvalue weighted by atomic mass is 10.3. The summed E-state index contributed by atoms with van der Waals surface area (Å²) in [7, 11) is 0. The Bertz CT molecular complexity index is 872. The van der Waals surface area contributed by atoms with Crippen LogP contribution in [0.2, 0.25) is 15.1 Å². The Morgan fingerprint density at radius 2 is 1.83 bits per heavy atom. The second kappa shape index (κ2) is 6.35. The predicted molar refractivity (Wildman–Crippen MR) is 89.7 cm³/mol. The number of nitrogens with zero attached hydrogens (tertiary/aromatic N) is 3. The van der Waals surface area contributed by atoms with Crippen molar-refractivity contribution < 1.29 is 9.53 Å². The Morgan fingerprint density at radius 1 is 1.17 bits per heavy atom. The van der Waals surface area contributed by atoms with Gasteiger partial charge in [0.1, 0.15) is 5.52 Å². The number of hydrogen-bond acceptors (Lipinski definition) is 4. The van der Waals surface area contributed by atoms with E-state index in [2.05, 4.69) is 10.3 Å². The van der Waals surface area contributed by atoms with Crippen LogP contribution in [0.25, 0.3) is 11.0 Å². The highest BCUT2D eigenvalue weighted by Gasteiger charge is 2.22. The summed E-state index contributed by atoms with van der Waals surface area (Å²) < 4.78 is 6.80. The second-order valence-corrected chi connectivity index (χ2v) is 6.04. The summed E-state index contributed by atoms with van der Waals surface area (Å²) in [5.41, 5.74) is 1.22. The maximum absolute atomic E-state index is 12.5. The third kappa shape index (κ3) is 3.13. The van der Waals surface area contributed by atoms with Gasteiger partial charge in [-0.05, 0) is 31.2 Å². The van der Waals surface area contributed by atoms with E-state index >= 15 is 0 Å². The zero-order valence-electron chi connectivity index (χ0n) is 11.8. The zero-order valence-corrected chi connectivity index (χ0v) is 14.1. The Morgan fingerprint density at radius 3 is 2.52 bits per heavy atom. The number of ether oxygens (including phenoxy) is 1. The molecule has 0 spiro atoms. The van der Waals surface area contributed by atoms with Gasteiger partial charge >= 0.3 is 0 Å². The molecule has 1 heterocycles. The van der Waals surface area contributed by atoms with Crippen molar-refractivity contribution >= 4 is 51.7 Å². The van der Waals surface area contributed by atoms with Crippen LogP contribution in [0.5, 0.6) is 5.75 Å². The molecule has 0 saturated heterocycles. The standard InChI is InChI=1S/C15H10Cl3N3O2/c1-8(23-14-10(17)6-9(16)7-11(14)18)15(22)21-13-5-3-2-4-12(13)19-20-21/h2-8H,1H3. The van der Waals surface area contributed by atoms with Crippen LogP contribution in [-0.4, -0.2) is 27.0 Å². The Balaban J connectivity index is 1.89. The number of fused-ring (bicyclic) bond motifs is 1. The van der Waals surface area contributed by atoms with Crippen LogP contribution in [-0.2, 0) is 0 Å². The second-order valence-electron chi connectivity index (χ2n) is 4.79. The van der Waals surface area contributed by atoms with E-state index in [9.17, 15) is 4.79 Å². The van der Waals surface area contributed by atoms with Crippen molar-refractivity contribution in [2.45, 2.75) is 13.0 Å². The van der Waals surface area contributed by atoms with Crippen molar-refractivity contribution in [1.82, 2.24) is 15.0 Å². The van der Waals surface area contributed by atoms with Gasteiger partial charge in [-0.1, -0.05) is 52.1 Å². The molecule has 0 radical (unpaired) electrons. The van der Waals surface area contributed by atoms with Crippen molar-refractivity contribution in [2.24, 2.45) is 0 Å². The molecule has 1 aromatic heterocycles. The van der Waals surface area contributed by atoms with Gasteiger partial charge < -0.3 is 4.74 Å². The molecule has 8 heteroatoms. The van der Waals surface area contributed by atoms with E-state index in [-0.39, 0.29) is 21.7 Å². The lowest BCUT2D eigenvalue weighted by Gasteiger charge is -2.16. The summed E-state index contributed by atoms with van der Waals surface area (Å²) in [6.07, 6.45) is -0.865. The number of para-hydroxylation sites is 1. The number of benzene rings is 2. The van der Waals surface area contributed by atoms with Crippen molar-refractivity contribution in [3.05, 3.63) is 51.5 Å². The quantitative estimate of drug-likeness (QED) is 0.681. The fraction of sp³-hybridized carbons (Fsp3) is 0.133. The van der Waals surface area contributed by atoms with E-state index in [4.69, 9.17) is 39.5 Å². The molecule has 0 aliphatic carbocycles. The van der Waals surface area contributed by atoms with Crippen molar-refractivity contribution in [2.75, 3.05) is 0 Å². The topological polar surface area (TPSA) is 57.0 Å². The summed E-state index contributed by atoms with van der Waals surface area (Å²) in [6, 6.07) is 10.1. The van der Waals surface area contributed by atoms with Crippen molar-refractivity contribution in [3.63, 3.8) is 0 Å². The highest BCUT2D eigenvalue weighted by atomic mass is 35.5. The van der Waals surface area contributed by atoms with Crippen LogP contribution in [0, 0.1) is 0 Å². The first kappa shape index (κ1) is 16.1. The summed E-state index contributed by atoms with van der Waals surface area (Å²) >= 11 is 18.0. The van der Waals surface area contributed by atoms with E-state index < -0.39 is 6.10 Å². The van der Waals surface area contributed by atoms with Crippen LogP contribution < -0.4 is 4.74 Å². The maximum atomic E-state index is 12.5. The first-order valence-electron chi connectivity index (χ1n) is 6.63. The number of hydrogen-bond donors (Lipinski definition) is 0. The van der Waals surface area contributed by atoms with E-state index in [1.807, 2.05) is 6.07 Å². The molecule has 3 rings (SSSR count). The van der Waals surface area contributed by atoms with Gasteiger partial charge in [0, 0.05) is 5.02 Å². The van der Waals surface area contributed by atoms with Crippen molar-refractivity contribution in [3.8, 4) is 5.75 Å². The Labute approximate surface area is 146 Å². The van der Waals surface area contributed by atoms with Crippen LogP contribution in [0.1, 0.15) is 11.7 Å². The molecule has 0 N–H and O–H groups in total. The Kier molecular flexibility index (Phi) is 4.43.